The summed E-state index contributed by atoms with van der Waals surface area (Å²) in [6, 6.07) is 3.64. The van der Waals surface area contributed by atoms with E-state index in [4.69, 9.17) is 9.63 Å². The van der Waals surface area contributed by atoms with E-state index in [-0.39, 0.29) is 6.61 Å². The summed E-state index contributed by atoms with van der Waals surface area (Å²) in [7, 11) is 0. The van der Waals surface area contributed by atoms with Crippen LogP contribution >= 0.6 is 0 Å². The van der Waals surface area contributed by atoms with Gasteiger partial charge in [-0.1, -0.05) is 5.16 Å². The number of aromatic hydroxyl groups is 1. The summed E-state index contributed by atoms with van der Waals surface area (Å²) < 4.78 is 5.10. The first kappa shape index (κ1) is 12.6. The Morgan fingerprint density at radius 2 is 1.89 bits per heavy atom. The van der Waals surface area contributed by atoms with Crippen LogP contribution in [0.2, 0.25) is 0 Å². The van der Waals surface area contributed by atoms with Gasteiger partial charge in [0.25, 0.3) is 0 Å². The standard InChI is InChI=1S/C13H16N2O3/c1-8-6-10(7-9(2)12(8)17)13-14-11(18-15-13)4-3-5-16/h6-7,16-17H,3-5H2,1-2H3. The first-order valence-electron chi connectivity index (χ1n) is 5.86. The van der Waals surface area contributed by atoms with E-state index in [9.17, 15) is 5.11 Å². The number of aliphatic hydroxyl groups is 1. The zero-order chi connectivity index (χ0) is 13.1. The molecule has 0 aliphatic carbocycles. The average Bonchev–Trinajstić information content (AvgIpc) is 2.81. The van der Waals surface area contributed by atoms with E-state index < -0.39 is 0 Å². The maximum Gasteiger partial charge on any atom is 0.227 e. The van der Waals surface area contributed by atoms with Crippen LogP contribution in [-0.4, -0.2) is 27.0 Å². The number of aryl methyl sites for hydroxylation is 3. The van der Waals surface area contributed by atoms with Gasteiger partial charge in [-0.3, -0.25) is 0 Å². The first-order valence-corrected chi connectivity index (χ1v) is 5.86. The van der Waals surface area contributed by atoms with Crippen molar-refractivity contribution in [2.24, 2.45) is 0 Å². The Bertz CT molecular complexity index is 526. The molecule has 1 heterocycles. The van der Waals surface area contributed by atoms with Crippen molar-refractivity contribution in [2.75, 3.05) is 6.61 Å². The largest absolute Gasteiger partial charge is 0.507 e. The van der Waals surface area contributed by atoms with Crippen molar-refractivity contribution in [1.29, 1.82) is 0 Å². The Morgan fingerprint density at radius 3 is 2.50 bits per heavy atom. The SMILES string of the molecule is Cc1cc(-c2noc(CCCO)n2)cc(C)c1O. The van der Waals surface area contributed by atoms with Crippen LogP contribution in [0.15, 0.2) is 16.7 Å². The molecule has 0 aliphatic heterocycles. The van der Waals surface area contributed by atoms with Gasteiger partial charge in [0.1, 0.15) is 5.75 Å². The third-order valence-corrected chi connectivity index (χ3v) is 2.77. The number of hydrogen-bond acceptors (Lipinski definition) is 5. The number of rotatable bonds is 4. The number of phenols is 1. The Labute approximate surface area is 105 Å². The highest BCUT2D eigenvalue weighted by molar-refractivity contribution is 5.60. The molecule has 0 amide bonds. The molecule has 5 nitrogen and oxygen atoms in total. The maximum absolute atomic E-state index is 9.71. The molecule has 2 aromatic rings. The fourth-order valence-electron chi connectivity index (χ4n) is 1.79. The summed E-state index contributed by atoms with van der Waals surface area (Å²) in [5.74, 6) is 1.32. The highest BCUT2D eigenvalue weighted by atomic mass is 16.5. The van der Waals surface area contributed by atoms with E-state index in [0.29, 0.717) is 30.3 Å². The lowest BCUT2D eigenvalue weighted by Crippen LogP contribution is -1.90. The van der Waals surface area contributed by atoms with Gasteiger partial charge in [0.2, 0.25) is 11.7 Å². The third-order valence-electron chi connectivity index (χ3n) is 2.77. The number of nitrogens with zero attached hydrogens (tertiary/aromatic N) is 2. The Balaban J connectivity index is 2.28. The molecule has 0 radical (unpaired) electrons. The molecule has 0 saturated heterocycles. The Hall–Kier alpha value is -1.88. The lowest BCUT2D eigenvalue weighted by atomic mass is 10.1. The molecule has 5 heteroatoms. The molecular formula is C13H16N2O3. The molecule has 2 rings (SSSR count). The van der Waals surface area contributed by atoms with Crippen LogP contribution in [0.25, 0.3) is 11.4 Å². The van der Waals surface area contributed by atoms with Crippen molar-refractivity contribution in [3.05, 3.63) is 29.2 Å². The molecule has 0 atom stereocenters. The molecule has 0 bridgehead atoms. The third kappa shape index (κ3) is 2.51. The summed E-state index contributed by atoms with van der Waals surface area (Å²) >= 11 is 0. The van der Waals surface area contributed by atoms with Crippen molar-refractivity contribution in [3.63, 3.8) is 0 Å². The van der Waals surface area contributed by atoms with Gasteiger partial charge in [0.05, 0.1) is 0 Å². The van der Waals surface area contributed by atoms with E-state index >= 15 is 0 Å². The van der Waals surface area contributed by atoms with Gasteiger partial charge in [-0.25, -0.2) is 0 Å². The maximum atomic E-state index is 9.71. The van der Waals surface area contributed by atoms with Gasteiger partial charge in [-0.05, 0) is 43.5 Å². The normalized spacial score (nSPS) is 10.8. The molecule has 0 aliphatic rings. The zero-order valence-electron chi connectivity index (χ0n) is 10.5. The quantitative estimate of drug-likeness (QED) is 0.864. The molecule has 2 N–H and O–H groups in total. The molecular weight excluding hydrogens is 232 g/mol. The number of aliphatic hydroxyl groups excluding tert-OH is 1. The number of aromatic nitrogens is 2. The average molecular weight is 248 g/mol. The second-order valence-corrected chi connectivity index (χ2v) is 4.30. The van der Waals surface area contributed by atoms with Crippen LogP contribution in [0.1, 0.15) is 23.4 Å². The highest BCUT2D eigenvalue weighted by Gasteiger charge is 2.11. The predicted octanol–water partition coefficient (Wildman–Crippen LogP) is 1.98. The van der Waals surface area contributed by atoms with Crippen molar-refractivity contribution in [2.45, 2.75) is 26.7 Å². The van der Waals surface area contributed by atoms with Crippen LogP contribution in [0.3, 0.4) is 0 Å². The van der Waals surface area contributed by atoms with Crippen molar-refractivity contribution in [1.82, 2.24) is 10.1 Å². The van der Waals surface area contributed by atoms with Gasteiger partial charge in [0, 0.05) is 18.6 Å². The molecule has 0 fully saturated rings. The highest BCUT2D eigenvalue weighted by Crippen LogP contribution is 2.27. The van der Waals surface area contributed by atoms with Gasteiger partial charge in [0.15, 0.2) is 0 Å². The fourth-order valence-corrected chi connectivity index (χ4v) is 1.79. The van der Waals surface area contributed by atoms with Crippen molar-refractivity contribution >= 4 is 0 Å². The van der Waals surface area contributed by atoms with Gasteiger partial charge in [-0.15, -0.1) is 0 Å². The molecule has 1 aromatic carbocycles. The van der Waals surface area contributed by atoms with Crippen LogP contribution < -0.4 is 0 Å². The summed E-state index contributed by atoms with van der Waals surface area (Å²) in [5, 5.41) is 22.3. The molecule has 18 heavy (non-hydrogen) atoms. The molecule has 0 spiro atoms. The monoisotopic (exact) mass is 248 g/mol. The smallest absolute Gasteiger partial charge is 0.227 e. The molecule has 0 saturated carbocycles. The van der Waals surface area contributed by atoms with Crippen LogP contribution in [0, 0.1) is 13.8 Å². The van der Waals surface area contributed by atoms with E-state index in [1.807, 2.05) is 26.0 Å². The van der Waals surface area contributed by atoms with Crippen LogP contribution in [0.4, 0.5) is 0 Å². The van der Waals surface area contributed by atoms with E-state index in [0.717, 1.165) is 16.7 Å². The van der Waals surface area contributed by atoms with E-state index in [1.165, 1.54) is 0 Å². The predicted molar refractivity (Wildman–Crippen MR) is 66.3 cm³/mol. The minimum Gasteiger partial charge on any atom is -0.507 e. The lowest BCUT2D eigenvalue weighted by molar-refractivity contribution is 0.278. The minimum atomic E-state index is 0.106. The van der Waals surface area contributed by atoms with Crippen LogP contribution in [0.5, 0.6) is 5.75 Å². The minimum absolute atomic E-state index is 0.106. The summed E-state index contributed by atoms with van der Waals surface area (Å²) in [6.07, 6.45) is 1.18. The van der Waals surface area contributed by atoms with Gasteiger partial charge < -0.3 is 14.7 Å². The summed E-state index contributed by atoms with van der Waals surface area (Å²) in [4.78, 5) is 4.26. The van der Waals surface area contributed by atoms with Crippen LogP contribution in [-0.2, 0) is 6.42 Å². The molecule has 96 valence electrons. The van der Waals surface area contributed by atoms with Gasteiger partial charge in [-0.2, -0.15) is 4.98 Å². The zero-order valence-corrected chi connectivity index (χ0v) is 10.5. The lowest BCUT2D eigenvalue weighted by Gasteiger charge is -2.04. The van der Waals surface area contributed by atoms with Crippen molar-refractivity contribution in [3.8, 4) is 17.1 Å². The van der Waals surface area contributed by atoms with Gasteiger partial charge >= 0.3 is 0 Å². The second-order valence-electron chi connectivity index (χ2n) is 4.30. The number of benzene rings is 1. The topological polar surface area (TPSA) is 79.4 Å². The summed E-state index contributed by atoms with van der Waals surface area (Å²) in [5.41, 5.74) is 2.39. The summed E-state index contributed by atoms with van der Waals surface area (Å²) in [6.45, 7) is 3.77. The first-order chi connectivity index (χ1) is 8.61. The number of hydrogen-bond donors (Lipinski definition) is 2. The fraction of sp³-hybridized carbons (Fsp3) is 0.385. The molecule has 0 unspecified atom stereocenters. The number of phenolic OH excluding ortho intramolecular Hbond substituents is 1. The molecule has 1 aromatic heterocycles. The van der Waals surface area contributed by atoms with E-state index in [1.54, 1.807) is 0 Å². The van der Waals surface area contributed by atoms with E-state index in [2.05, 4.69) is 10.1 Å². The van der Waals surface area contributed by atoms with Crippen molar-refractivity contribution < 1.29 is 14.7 Å². The Kier molecular flexibility index (Phi) is 3.62. The second kappa shape index (κ2) is 5.18. The Morgan fingerprint density at radius 1 is 1.22 bits per heavy atom.